The molecule has 1 fully saturated rings. The van der Waals surface area contributed by atoms with Gasteiger partial charge in [-0.05, 0) is 12.1 Å². The van der Waals surface area contributed by atoms with Gasteiger partial charge in [-0.25, -0.2) is 4.98 Å². The Labute approximate surface area is 171 Å². The number of piperazine rings is 1. The molecular weight excluding hydrogens is 392 g/mol. The fourth-order valence-electron chi connectivity index (χ4n) is 3.53. The maximum atomic E-state index is 13.0. The van der Waals surface area contributed by atoms with Gasteiger partial charge in [0.15, 0.2) is 16.5 Å². The molecule has 8 nitrogen and oxygen atoms in total. The van der Waals surface area contributed by atoms with Gasteiger partial charge in [0.2, 0.25) is 0 Å². The predicted octanol–water partition coefficient (Wildman–Crippen LogP) is 1.73. The molecule has 1 aliphatic heterocycles. The molecule has 0 radical (unpaired) electrons. The summed E-state index contributed by atoms with van der Waals surface area (Å²) in [6, 6.07) is 6.89. The summed E-state index contributed by atoms with van der Waals surface area (Å²) in [5, 5.41) is 1.85. The standard InChI is InChI=1S/C20H22N4O4S/c1-27-16-5-3-4-15(18(16)28-2)19(26)23-8-6-22(7-9-23)13-14-12-17(25)24-10-11-29-20(24)21-14/h3-5,10-12H,6-9,13H2,1-2H3. The zero-order valence-corrected chi connectivity index (χ0v) is 17.1. The van der Waals surface area contributed by atoms with Gasteiger partial charge in [0, 0.05) is 50.4 Å². The van der Waals surface area contributed by atoms with E-state index < -0.39 is 0 Å². The molecule has 0 unspecified atom stereocenters. The van der Waals surface area contributed by atoms with E-state index in [4.69, 9.17) is 9.47 Å². The van der Waals surface area contributed by atoms with Crippen molar-refractivity contribution in [2.75, 3.05) is 40.4 Å². The first kappa shape index (κ1) is 19.4. The van der Waals surface area contributed by atoms with Crippen LogP contribution in [0.2, 0.25) is 0 Å². The van der Waals surface area contributed by atoms with Crippen LogP contribution in [0.4, 0.5) is 0 Å². The van der Waals surface area contributed by atoms with E-state index in [1.807, 2.05) is 10.3 Å². The van der Waals surface area contributed by atoms with Crippen LogP contribution < -0.4 is 15.0 Å². The first-order valence-corrected chi connectivity index (χ1v) is 10.2. The van der Waals surface area contributed by atoms with Crippen LogP contribution in [-0.2, 0) is 6.54 Å². The predicted molar refractivity (Wildman–Crippen MR) is 110 cm³/mol. The molecule has 2 aromatic heterocycles. The van der Waals surface area contributed by atoms with Crippen molar-refractivity contribution < 1.29 is 14.3 Å². The molecule has 0 saturated carbocycles. The molecule has 0 atom stereocenters. The highest BCUT2D eigenvalue weighted by atomic mass is 32.1. The lowest BCUT2D eigenvalue weighted by atomic mass is 10.1. The highest BCUT2D eigenvalue weighted by molar-refractivity contribution is 7.15. The molecule has 152 valence electrons. The van der Waals surface area contributed by atoms with Crippen molar-refractivity contribution >= 4 is 22.2 Å². The number of carbonyl (C=O) groups excluding carboxylic acids is 1. The third-order valence-electron chi connectivity index (χ3n) is 5.03. The molecule has 0 aliphatic carbocycles. The van der Waals surface area contributed by atoms with Gasteiger partial charge in [-0.3, -0.25) is 18.9 Å². The average molecular weight is 414 g/mol. The maximum absolute atomic E-state index is 13.0. The van der Waals surface area contributed by atoms with Gasteiger partial charge in [-0.1, -0.05) is 6.07 Å². The first-order valence-electron chi connectivity index (χ1n) is 9.29. The van der Waals surface area contributed by atoms with Gasteiger partial charge in [0.05, 0.1) is 25.5 Å². The molecule has 3 heterocycles. The van der Waals surface area contributed by atoms with E-state index in [2.05, 4.69) is 9.88 Å². The Morgan fingerprint density at radius 3 is 2.69 bits per heavy atom. The fraction of sp³-hybridized carbons (Fsp3) is 0.350. The number of hydrogen-bond donors (Lipinski definition) is 0. The molecule has 1 amide bonds. The van der Waals surface area contributed by atoms with E-state index in [0.29, 0.717) is 54.7 Å². The summed E-state index contributed by atoms with van der Waals surface area (Å²) >= 11 is 1.44. The van der Waals surface area contributed by atoms with E-state index >= 15 is 0 Å². The summed E-state index contributed by atoms with van der Waals surface area (Å²) in [6.07, 6.45) is 1.73. The third kappa shape index (κ3) is 3.83. The zero-order chi connectivity index (χ0) is 20.4. The molecule has 1 aliphatic rings. The van der Waals surface area contributed by atoms with E-state index in [1.54, 1.807) is 42.0 Å². The van der Waals surface area contributed by atoms with Crippen LogP contribution in [0.3, 0.4) is 0 Å². The Morgan fingerprint density at radius 2 is 1.97 bits per heavy atom. The lowest BCUT2D eigenvalue weighted by Gasteiger charge is -2.34. The molecule has 1 saturated heterocycles. The van der Waals surface area contributed by atoms with Gasteiger partial charge in [0.1, 0.15) is 0 Å². The SMILES string of the molecule is COc1cccc(C(=O)N2CCN(Cc3cc(=O)n4ccsc4n3)CC2)c1OC. The highest BCUT2D eigenvalue weighted by Gasteiger charge is 2.26. The number of para-hydroxylation sites is 1. The zero-order valence-electron chi connectivity index (χ0n) is 16.3. The summed E-state index contributed by atoms with van der Waals surface area (Å²) in [4.78, 5) is 34.4. The van der Waals surface area contributed by atoms with E-state index in [1.165, 1.54) is 18.4 Å². The lowest BCUT2D eigenvalue weighted by Crippen LogP contribution is -2.48. The molecule has 4 rings (SSSR count). The van der Waals surface area contributed by atoms with Crippen LogP contribution >= 0.6 is 11.3 Å². The summed E-state index contributed by atoms with van der Waals surface area (Å²) in [5.74, 6) is 0.923. The van der Waals surface area contributed by atoms with Crippen LogP contribution in [-0.4, -0.2) is 65.5 Å². The van der Waals surface area contributed by atoms with Crippen LogP contribution in [0.1, 0.15) is 16.1 Å². The molecule has 1 aromatic carbocycles. The minimum absolute atomic E-state index is 0.0646. The monoisotopic (exact) mass is 414 g/mol. The first-order chi connectivity index (χ1) is 14.1. The second-order valence-corrected chi connectivity index (χ2v) is 7.62. The number of aromatic nitrogens is 2. The van der Waals surface area contributed by atoms with Crippen LogP contribution in [0.15, 0.2) is 40.6 Å². The second kappa shape index (κ2) is 8.22. The Balaban J connectivity index is 1.43. The summed E-state index contributed by atoms with van der Waals surface area (Å²) in [5.41, 5.74) is 1.19. The Bertz CT molecular complexity index is 1090. The van der Waals surface area contributed by atoms with Gasteiger partial charge in [-0.15, -0.1) is 11.3 Å². The van der Waals surface area contributed by atoms with E-state index in [9.17, 15) is 9.59 Å². The third-order valence-corrected chi connectivity index (χ3v) is 5.79. The number of thiazole rings is 1. The van der Waals surface area contributed by atoms with Crippen molar-refractivity contribution in [1.82, 2.24) is 19.2 Å². The number of rotatable bonds is 5. The van der Waals surface area contributed by atoms with Crippen LogP contribution in [0, 0.1) is 0 Å². The summed E-state index contributed by atoms with van der Waals surface area (Å²) < 4.78 is 12.2. The minimum Gasteiger partial charge on any atom is -0.493 e. The average Bonchev–Trinajstić information content (AvgIpc) is 3.22. The number of carbonyl (C=O) groups is 1. The molecule has 0 spiro atoms. The fourth-order valence-corrected chi connectivity index (χ4v) is 4.27. The Hall–Kier alpha value is -2.91. The van der Waals surface area contributed by atoms with Gasteiger partial charge < -0.3 is 14.4 Å². The summed E-state index contributed by atoms with van der Waals surface area (Å²) in [6.45, 7) is 3.21. The van der Waals surface area contributed by atoms with Crippen LogP contribution in [0.25, 0.3) is 4.96 Å². The molecular formula is C20H22N4O4S. The number of benzene rings is 1. The van der Waals surface area contributed by atoms with Crippen molar-refractivity contribution in [1.29, 1.82) is 0 Å². The molecule has 29 heavy (non-hydrogen) atoms. The van der Waals surface area contributed by atoms with Gasteiger partial charge >= 0.3 is 0 Å². The Kier molecular flexibility index (Phi) is 5.50. The number of nitrogens with zero attached hydrogens (tertiary/aromatic N) is 4. The van der Waals surface area contributed by atoms with Crippen molar-refractivity contribution in [2.45, 2.75) is 6.54 Å². The minimum atomic E-state index is -0.0724. The molecule has 3 aromatic rings. The smallest absolute Gasteiger partial charge is 0.258 e. The molecule has 9 heteroatoms. The van der Waals surface area contributed by atoms with Crippen molar-refractivity contribution in [3.63, 3.8) is 0 Å². The second-order valence-electron chi connectivity index (χ2n) is 6.75. The van der Waals surface area contributed by atoms with Gasteiger partial charge in [-0.2, -0.15) is 0 Å². The van der Waals surface area contributed by atoms with Gasteiger partial charge in [0.25, 0.3) is 11.5 Å². The highest BCUT2D eigenvalue weighted by Crippen LogP contribution is 2.31. The summed E-state index contributed by atoms with van der Waals surface area (Å²) in [7, 11) is 3.09. The van der Waals surface area contributed by atoms with Crippen LogP contribution in [0.5, 0.6) is 11.5 Å². The largest absolute Gasteiger partial charge is 0.493 e. The van der Waals surface area contributed by atoms with Crippen molar-refractivity contribution in [2.24, 2.45) is 0 Å². The topological polar surface area (TPSA) is 76.4 Å². The number of fused-ring (bicyclic) bond motifs is 1. The molecule has 0 N–H and O–H groups in total. The quantitative estimate of drug-likeness (QED) is 0.633. The Morgan fingerprint density at radius 1 is 1.17 bits per heavy atom. The number of ether oxygens (including phenoxy) is 2. The maximum Gasteiger partial charge on any atom is 0.258 e. The number of amides is 1. The molecule has 0 bridgehead atoms. The van der Waals surface area contributed by atoms with E-state index in [-0.39, 0.29) is 11.5 Å². The lowest BCUT2D eigenvalue weighted by molar-refractivity contribution is 0.0623. The van der Waals surface area contributed by atoms with Crippen molar-refractivity contribution in [3.8, 4) is 11.5 Å². The normalized spacial score (nSPS) is 14.9. The van der Waals surface area contributed by atoms with Crippen molar-refractivity contribution in [3.05, 3.63) is 57.5 Å². The number of hydrogen-bond acceptors (Lipinski definition) is 7. The van der Waals surface area contributed by atoms with E-state index in [0.717, 1.165) is 5.69 Å². The number of methoxy groups -OCH3 is 2.